The zero-order chi connectivity index (χ0) is 10.0. The molecule has 3 unspecified atom stereocenters. The lowest BCUT2D eigenvalue weighted by molar-refractivity contribution is -0.260. The van der Waals surface area contributed by atoms with E-state index in [-0.39, 0.29) is 24.7 Å². The zero-order valence-electron chi connectivity index (χ0n) is 8.30. The van der Waals surface area contributed by atoms with Crippen molar-refractivity contribution >= 4 is 0 Å². The number of aliphatic hydroxyl groups is 2. The van der Waals surface area contributed by atoms with Crippen LogP contribution in [0.5, 0.6) is 0 Å². The molecule has 0 aromatic carbocycles. The zero-order valence-corrected chi connectivity index (χ0v) is 8.30. The normalized spacial score (nSPS) is 46.4. The maximum atomic E-state index is 9.68. The molecule has 5 atom stereocenters. The number of hydrogen-bond donors (Lipinski definition) is 2. The van der Waals surface area contributed by atoms with Crippen LogP contribution < -0.4 is 0 Å². The highest BCUT2D eigenvalue weighted by Gasteiger charge is 2.40. The standard InChI is InChI=1S/C9H18O4/c1-5-6(2)9(12-3)13-7(4-10)8(5)11/h5-11H,4H2,1-3H3/t5?,6?,7?,8-,9-/m1/s1. The monoisotopic (exact) mass is 190 g/mol. The lowest BCUT2D eigenvalue weighted by atomic mass is 9.85. The summed E-state index contributed by atoms with van der Waals surface area (Å²) in [6, 6.07) is 0. The van der Waals surface area contributed by atoms with E-state index in [0.717, 1.165) is 0 Å². The number of rotatable bonds is 2. The molecule has 1 heterocycles. The predicted molar refractivity (Wildman–Crippen MR) is 47.1 cm³/mol. The molecular weight excluding hydrogens is 172 g/mol. The Morgan fingerprint density at radius 3 is 2.38 bits per heavy atom. The quantitative estimate of drug-likeness (QED) is 0.642. The minimum absolute atomic E-state index is 0.0795. The van der Waals surface area contributed by atoms with Crippen LogP contribution in [0.3, 0.4) is 0 Å². The molecule has 0 saturated carbocycles. The summed E-state index contributed by atoms with van der Waals surface area (Å²) in [4.78, 5) is 0. The molecule has 0 bridgehead atoms. The molecule has 4 heteroatoms. The van der Waals surface area contributed by atoms with Crippen LogP contribution in [0.25, 0.3) is 0 Å². The summed E-state index contributed by atoms with van der Waals surface area (Å²) in [5.74, 6) is 0.221. The van der Waals surface area contributed by atoms with Gasteiger partial charge in [-0.15, -0.1) is 0 Å². The Hall–Kier alpha value is -0.160. The molecule has 13 heavy (non-hydrogen) atoms. The van der Waals surface area contributed by atoms with Crippen LogP contribution in [0.4, 0.5) is 0 Å². The third kappa shape index (κ3) is 2.02. The Bertz CT molecular complexity index is 142. The van der Waals surface area contributed by atoms with Gasteiger partial charge in [-0.25, -0.2) is 0 Å². The molecule has 0 spiro atoms. The first-order chi connectivity index (χ1) is 6.11. The highest BCUT2D eigenvalue weighted by Crippen LogP contribution is 2.30. The van der Waals surface area contributed by atoms with E-state index in [9.17, 15) is 5.11 Å². The highest BCUT2D eigenvalue weighted by molar-refractivity contribution is 4.84. The lowest BCUT2D eigenvalue weighted by Crippen LogP contribution is -2.51. The van der Waals surface area contributed by atoms with Gasteiger partial charge in [0.15, 0.2) is 6.29 Å². The van der Waals surface area contributed by atoms with E-state index in [1.54, 1.807) is 7.11 Å². The first-order valence-electron chi connectivity index (χ1n) is 4.59. The second-order valence-electron chi connectivity index (χ2n) is 3.67. The van der Waals surface area contributed by atoms with Gasteiger partial charge < -0.3 is 19.7 Å². The van der Waals surface area contributed by atoms with Crippen molar-refractivity contribution in [3.8, 4) is 0 Å². The molecule has 0 amide bonds. The largest absolute Gasteiger partial charge is 0.394 e. The van der Waals surface area contributed by atoms with Gasteiger partial charge in [0.2, 0.25) is 0 Å². The summed E-state index contributed by atoms with van der Waals surface area (Å²) in [7, 11) is 1.57. The van der Waals surface area contributed by atoms with Crippen molar-refractivity contribution in [1.82, 2.24) is 0 Å². The van der Waals surface area contributed by atoms with Crippen LogP contribution in [0.15, 0.2) is 0 Å². The number of methoxy groups -OCH3 is 1. The summed E-state index contributed by atoms with van der Waals surface area (Å²) in [5, 5.41) is 18.6. The van der Waals surface area contributed by atoms with Gasteiger partial charge in [0.25, 0.3) is 0 Å². The second-order valence-corrected chi connectivity index (χ2v) is 3.67. The SMILES string of the molecule is CO[C@@H]1OC(CO)[C@H](O)C(C)C1C. The molecule has 1 aliphatic heterocycles. The molecule has 0 radical (unpaired) electrons. The molecule has 1 saturated heterocycles. The summed E-state index contributed by atoms with van der Waals surface area (Å²) in [6.07, 6.45) is -1.45. The molecule has 0 aromatic rings. The average molecular weight is 190 g/mol. The summed E-state index contributed by atoms with van der Waals surface area (Å²) in [6.45, 7) is 3.74. The van der Waals surface area contributed by atoms with E-state index in [2.05, 4.69) is 0 Å². The van der Waals surface area contributed by atoms with E-state index in [1.165, 1.54) is 0 Å². The maximum Gasteiger partial charge on any atom is 0.160 e. The van der Waals surface area contributed by atoms with Crippen molar-refractivity contribution in [1.29, 1.82) is 0 Å². The first kappa shape index (κ1) is 10.9. The molecule has 2 N–H and O–H groups in total. The van der Waals surface area contributed by atoms with Gasteiger partial charge in [-0.3, -0.25) is 0 Å². The van der Waals surface area contributed by atoms with Crippen molar-refractivity contribution in [3.63, 3.8) is 0 Å². The van der Waals surface area contributed by atoms with Crippen molar-refractivity contribution in [2.24, 2.45) is 11.8 Å². The van der Waals surface area contributed by atoms with Crippen molar-refractivity contribution < 1.29 is 19.7 Å². The van der Waals surface area contributed by atoms with Crippen molar-refractivity contribution in [3.05, 3.63) is 0 Å². The molecule has 0 aromatic heterocycles. The average Bonchev–Trinajstić information content (AvgIpc) is 2.15. The molecule has 78 valence electrons. The van der Waals surface area contributed by atoms with Gasteiger partial charge in [-0.1, -0.05) is 13.8 Å². The van der Waals surface area contributed by atoms with Crippen LogP contribution in [-0.2, 0) is 9.47 Å². The molecular formula is C9H18O4. The van der Waals surface area contributed by atoms with Crippen LogP contribution in [-0.4, -0.2) is 42.4 Å². The van der Waals surface area contributed by atoms with Gasteiger partial charge in [0.1, 0.15) is 6.10 Å². The maximum absolute atomic E-state index is 9.68. The minimum atomic E-state index is -0.605. The Balaban J connectivity index is 2.66. The van der Waals surface area contributed by atoms with Gasteiger partial charge >= 0.3 is 0 Å². The minimum Gasteiger partial charge on any atom is -0.394 e. The van der Waals surface area contributed by atoms with Gasteiger partial charge in [0.05, 0.1) is 12.7 Å². The Morgan fingerprint density at radius 2 is 1.92 bits per heavy atom. The van der Waals surface area contributed by atoms with Gasteiger partial charge in [0, 0.05) is 13.0 Å². The van der Waals surface area contributed by atoms with Crippen LogP contribution >= 0.6 is 0 Å². The van der Waals surface area contributed by atoms with Crippen LogP contribution in [0.1, 0.15) is 13.8 Å². The van der Waals surface area contributed by atoms with E-state index in [1.807, 2.05) is 13.8 Å². The van der Waals surface area contributed by atoms with Crippen molar-refractivity contribution in [2.45, 2.75) is 32.3 Å². The third-order valence-electron chi connectivity index (χ3n) is 2.90. The Labute approximate surface area is 78.5 Å². The van der Waals surface area contributed by atoms with E-state index >= 15 is 0 Å². The summed E-state index contributed by atoms with van der Waals surface area (Å²) in [5.41, 5.74) is 0. The van der Waals surface area contributed by atoms with E-state index in [0.29, 0.717) is 0 Å². The summed E-state index contributed by atoms with van der Waals surface area (Å²) >= 11 is 0. The fourth-order valence-electron chi connectivity index (χ4n) is 1.70. The highest BCUT2D eigenvalue weighted by atomic mass is 16.7. The first-order valence-corrected chi connectivity index (χ1v) is 4.59. The predicted octanol–water partition coefficient (Wildman–Crippen LogP) is -0.0169. The molecule has 4 nitrogen and oxygen atoms in total. The number of hydrogen-bond acceptors (Lipinski definition) is 4. The second kappa shape index (κ2) is 4.37. The topological polar surface area (TPSA) is 58.9 Å². The number of ether oxygens (including phenoxy) is 2. The molecule has 1 fully saturated rings. The fourth-order valence-corrected chi connectivity index (χ4v) is 1.70. The van der Waals surface area contributed by atoms with Crippen LogP contribution in [0, 0.1) is 11.8 Å². The van der Waals surface area contributed by atoms with E-state index < -0.39 is 12.2 Å². The Kier molecular flexibility index (Phi) is 3.67. The third-order valence-corrected chi connectivity index (χ3v) is 2.90. The molecule has 0 aliphatic carbocycles. The van der Waals surface area contributed by atoms with E-state index in [4.69, 9.17) is 14.6 Å². The summed E-state index contributed by atoms with van der Waals surface area (Å²) < 4.78 is 10.5. The molecule has 1 aliphatic rings. The van der Waals surface area contributed by atoms with Crippen molar-refractivity contribution in [2.75, 3.05) is 13.7 Å². The van der Waals surface area contributed by atoms with Gasteiger partial charge in [-0.2, -0.15) is 0 Å². The van der Waals surface area contributed by atoms with Crippen LogP contribution in [0.2, 0.25) is 0 Å². The van der Waals surface area contributed by atoms with Gasteiger partial charge in [-0.05, 0) is 5.92 Å². The number of aliphatic hydroxyl groups excluding tert-OH is 2. The fraction of sp³-hybridized carbons (Fsp3) is 1.00. The smallest absolute Gasteiger partial charge is 0.160 e. The molecule has 1 rings (SSSR count). The lowest BCUT2D eigenvalue weighted by Gasteiger charge is -2.41. The Morgan fingerprint density at radius 1 is 1.31 bits per heavy atom.